The molecule has 0 aromatic carbocycles. The van der Waals surface area contributed by atoms with E-state index in [2.05, 4.69) is 24.1 Å². The van der Waals surface area contributed by atoms with E-state index in [1.165, 1.54) is 0 Å². The third kappa shape index (κ3) is 5.65. The lowest BCUT2D eigenvalue weighted by atomic mass is 10.2. The van der Waals surface area contributed by atoms with E-state index in [0.29, 0.717) is 19.1 Å². The van der Waals surface area contributed by atoms with Gasteiger partial charge in [0.05, 0.1) is 12.8 Å². The molecule has 0 spiro atoms. The first-order chi connectivity index (χ1) is 8.24. The number of hydrogen-bond donors (Lipinski definition) is 1. The molecule has 4 heteroatoms. The summed E-state index contributed by atoms with van der Waals surface area (Å²) in [5, 5.41) is 3.39. The first kappa shape index (κ1) is 13.9. The van der Waals surface area contributed by atoms with Crippen LogP contribution < -0.4 is 10.1 Å². The van der Waals surface area contributed by atoms with Crippen molar-refractivity contribution in [2.75, 3.05) is 26.9 Å². The van der Waals surface area contributed by atoms with Crippen LogP contribution in [0.1, 0.15) is 19.4 Å². The fraction of sp³-hybridized carbons (Fsp3) is 0.615. The lowest BCUT2D eigenvalue weighted by Crippen LogP contribution is -2.19. The van der Waals surface area contributed by atoms with Crippen LogP contribution in [0.2, 0.25) is 0 Å². The highest BCUT2D eigenvalue weighted by Crippen LogP contribution is 2.15. The molecule has 0 aliphatic carbocycles. The summed E-state index contributed by atoms with van der Waals surface area (Å²) in [5.41, 5.74) is 1.14. The van der Waals surface area contributed by atoms with E-state index in [1.807, 2.05) is 6.07 Å². The second-order valence-electron chi connectivity index (χ2n) is 4.35. The van der Waals surface area contributed by atoms with Gasteiger partial charge in [-0.15, -0.1) is 0 Å². The smallest absolute Gasteiger partial charge is 0.142 e. The van der Waals surface area contributed by atoms with Gasteiger partial charge in [-0.05, 0) is 18.5 Å². The fourth-order valence-electron chi connectivity index (χ4n) is 1.42. The summed E-state index contributed by atoms with van der Waals surface area (Å²) in [4.78, 5) is 4.07. The van der Waals surface area contributed by atoms with Crippen molar-refractivity contribution in [2.24, 2.45) is 5.92 Å². The van der Waals surface area contributed by atoms with Crippen LogP contribution in [-0.2, 0) is 11.3 Å². The number of rotatable bonds is 8. The zero-order chi connectivity index (χ0) is 12.5. The Bertz CT molecular complexity index is 316. The highest BCUT2D eigenvalue weighted by molar-refractivity contribution is 5.29. The van der Waals surface area contributed by atoms with Crippen LogP contribution in [0.3, 0.4) is 0 Å². The number of methoxy groups -OCH3 is 1. The first-order valence-corrected chi connectivity index (χ1v) is 5.99. The summed E-state index contributed by atoms with van der Waals surface area (Å²) in [6, 6.07) is 1.98. The molecule has 0 fully saturated rings. The topological polar surface area (TPSA) is 43.4 Å². The van der Waals surface area contributed by atoms with Crippen molar-refractivity contribution in [3.05, 3.63) is 24.0 Å². The molecular formula is C13H22N2O2. The van der Waals surface area contributed by atoms with Crippen molar-refractivity contribution >= 4 is 0 Å². The maximum atomic E-state index is 5.61. The second-order valence-corrected chi connectivity index (χ2v) is 4.35. The molecule has 1 rings (SSSR count). The van der Waals surface area contributed by atoms with Gasteiger partial charge in [-0.2, -0.15) is 0 Å². The van der Waals surface area contributed by atoms with Crippen molar-refractivity contribution in [3.63, 3.8) is 0 Å². The molecule has 0 aliphatic heterocycles. The van der Waals surface area contributed by atoms with Crippen molar-refractivity contribution in [1.29, 1.82) is 0 Å². The number of pyridine rings is 1. The Labute approximate surface area is 103 Å². The SMILES string of the molecule is COCCOc1cnccc1CNCC(C)C. The van der Waals surface area contributed by atoms with Gasteiger partial charge in [-0.1, -0.05) is 13.8 Å². The fourth-order valence-corrected chi connectivity index (χ4v) is 1.42. The first-order valence-electron chi connectivity index (χ1n) is 5.99. The predicted molar refractivity (Wildman–Crippen MR) is 68.2 cm³/mol. The molecule has 1 heterocycles. The zero-order valence-electron chi connectivity index (χ0n) is 10.9. The van der Waals surface area contributed by atoms with Gasteiger partial charge in [-0.3, -0.25) is 4.98 Å². The van der Waals surface area contributed by atoms with E-state index in [-0.39, 0.29) is 0 Å². The molecule has 1 aromatic heterocycles. The van der Waals surface area contributed by atoms with E-state index in [9.17, 15) is 0 Å². The molecule has 96 valence electrons. The van der Waals surface area contributed by atoms with Gasteiger partial charge in [0.2, 0.25) is 0 Å². The standard InChI is InChI=1S/C13H22N2O2/c1-11(2)8-15-9-12-4-5-14-10-13(12)17-7-6-16-3/h4-5,10-11,15H,6-9H2,1-3H3. The molecule has 0 aliphatic rings. The van der Waals surface area contributed by atoms with Crippen molar-refractivity contribution in [3.8, 4) is 5.75 Å². The van der Waals surface area contributed by atoms with E-state index < -0.39 is 0 Å². The molecule has 4 nitrogen and oxygen atoms in total. The molecule has 0 bridgehead atoms. The van der Waals surface area contributed by atoms with E-state index in [0.717, 1.165) is 24.4 Å². The van der Waals surface area contributed by atoms with Gasteiger partial charge in [0.1, 0.15) is 12.4 Å². The molecule has 0 saturated heterocycles. The predicted octanol–water partition coefficient (Wildman–Crippen LogP) is 1.85. The van der Waals surface area contributed by atoms with Gasteiger partial charge in [0.25, 0.3) is 0 Å². The third-order valence-electron chi connectivity index (χ3n) is 2.28. The molecule has 0 unspecified atom stereocenters. The highest BCUT2D eigenvalue weighted by atomic mass is 16.5. The van der Waals surface area contributed by atoms with Gasteiger partial charge in [-0.25, -0.2) is 0 Å². The summed E-state index contributed by atoms with van der Waals surface area (Å²) in [7, 11) is 1.66. The molecule has 1 N–H and O–H groups in total. The van der Waals surface area contributed by atoms with Crippen molar-refractivity contribution < 1.29 is 9.47 Å². The van der Waals surface area contributed by atoms with Crippen LogP contribution >= 0.6 is 0 Å². The van der Waals surface area contributed by atoms with Crippen LogP contribution in [0.5, 0.6) is 5.75 Å². The number of aromatic nitrogens is 1. The van der Waals surface area contributed by atoms with Crippen LogP contribution in [0, 0.1) is 5.92 Å². The zero-order valence-corrected chi connectivity index (χ0v) is 10.9. The largest absolute Gasteiger partial charge is 0.489 e. The van der Waals surface area contributed by atoms with Gasteiger partial charge in [0.15, 0.2) is 0 Å². The summed E-state index contributed by atoms with van der Waals surface area (Å²) < 4.78 is 10.6. The molecule has 0 saturated carbocycles. The third-order valence-corrected chi connectivity index (χ3v) is 2.28. The number of nitrogens with zero attached hydrogens (tertiary/aromatic N) is 1. The van der Waals surface area contributed by atoms with Gasteiger partial charge < -0.3 is 14.8 Å². The van der Waals surface area contributed by atoms with Crippen molar-refractivity contribution in [2.45, 2.75) is 20.4 Å². The van der Waals surface area contributed by atoms with E-state index in [4.69, 9.17) is 9.47 Å². The Morgan fingerprint density at radius 3 is 2.88 bits per heavy atom. The number of hydrogen-bond acceptors (Lipinski definition) is 4. The van der Waals surface area contributed by atoms with Crippen molar-refractivity contribution in [1.82, 2.24) is 10.3 Å². The Kier molecular flexibility index (Phi) is 6.58. The van der Waals surface area contributed by atoms with Crippen LogP contribution in [-0.4, -0.2) is 31.9 Å². The van der Waals surface area contributed by atoms with Gasteiger partial charge >= 0.3 is 0 Å². The minimum absolute atomic E-state index is 0.555. The van der Waals surface area contributed by atoms with Crippen LogP contribution in [0.15, 0.2) is 18.5 Å². The number of ether oxygens (including phenoxy) is 2. The normalized spacial score (nSPS) is 10.8. The molecule has 1 aromatic rings. The highest BCUT2D eigenvalue weighted by Gasteiger charge is 2.03. The summed E-state index contributed by atoms with van der Waals surface area (Å²) >= 11 is 0. The Balaban J connectivity index is 2.46. The maximum Gasteiger partial charge on any atom is 0.142 e. The maximum absolute atomic E-state index is 5.61. The minimum atomic E-state index is 0.555. The summed E-state index contributed by atoms with van der Waals surface area (Å²) in [5.74, 6) is 1.48. The van der Waals surface area contributed by atoms with E-state index in [1.54, 1.807) is 19.5 Å². The Hall–Kier alpha value is -1.13. The Morgan fingerprint density at radius 1 is 1.35 bits per heavy atom. The summed E-state index contributed by atoms with van der Waals surface area (Å²) in [6.07, 6.45) is 3.54. The molecule has 17 heavy (non-hydrogen) atoms. The Morgan fingerprint density at radius 2 is 2.18 bits per heavy atom. The average Bonchev–Trinajstić information content (AvgIpc) is 2.31. The lowest BCUT2D eigenvalue weighted by Gasteiger charge is -2.12. The molecule has 0 radical (unpaired) electrons. The average molecular weight is 238 g/mol. The van der Waals surface area contributed by atoms with Crippen LogP contribution in [0.4, 0.5) is 0 Å². The molecular weight excluding hydrogens is 216 g/mol. The molecule has 0 atom stereocenters. The van der Waals surface area contributed by atoms with E-state index >= 15 is 0 Å². The van der Waals surface area contributed by atoms with Crippen LogP contribution in [0.25, 0.3) is 0 Å². The van der Waals surface area contributed by atoms with Gasteiger partial charge in [0, 0.05) is 25.4 Å². The molecule has 0 amide bonds. The second kappa shape index (κ2) is 8.03. The minimum Gasteiger partial charge on any atom is -0.489 e. The quantitative estimate of drug-likeness (QED) is 0.702. The lowest BCUT2D eigenvalue weighted by molar-refractivity contribution is 0.145. The monoisotopic (exact) mass is 238 g/mol. The summed E-state index contributed by atoms with van der Waals surface area (Å²) in [6.45, 7) is 7.33. The number of nitrogens with one attached hydrogen (secondary N) is 1.